The van der Waals surface area contributed by atoms with Gasteiger partial charge in [0.05, 0.1) is 19.8 Å². The van der Waals surface area contributed by atoms with E-state index in [4.69, 9.17) is 27.4 Å². The van der Waals surface area contributed by atoms with Crippen LogP contribution in [0.25, 0.3) is 0 Å². The second-order valence-corrected chi connectivity index (χ2v) is 4.64. The van der Waals surface area contributed by atoms with E-state index in [1.807, 2.05) is 0 Å². The molecule has 0 atom stereocenters. The van der Waals surface area contributed by atoms with Crippen molar-refractivity contribution in [2.45, 2.75) is 26.4 Å². The van der Waals surface area contributed by atoms with Crippen LogP contribution in [0, 0.1) is 5.82 Å². The summed E-state index contributed by atoms with van der Waals surface area (Å²) >= 11 is 4.78. The van der Waals surface area contributed by atoms with E-state index in [1.54, 1.807) is 12.1 Å². The lowest BCUT2D eigenvalue weighted by Gasteiger charge is -2.07. The molecule has 0 saturated heterocycles. The molecule has 2 N–H and O–H groups in total. The Bertz CT molecular complexity index is 412. The quantitative estimate of drug-likeness (QED) is 0.560. The second-order valence-electron chi connectivity index (χ2n) is 4.20. The summed E-state index contributed by atoms with van der Waals surface area (Å²) in [6.07, 6.45) is 2.19. The minimum absolute atomic E-state index is 0.0576. The fourth-order valence-electron chi connectivity index (χ4n) is 1.51. The molecule has 0 aliphatic carbocycles. The maximum absolute atomic E-state index is 13.4. The molecule has 0 aliphatic rings. The van der Waals surface area contributed by atoms with E-state index in [1.165, 1.54) is 6.07 Å². The molecule has 1 rings (SSSR count). The van der Waals surface area contributed by atoms with Crippen LogP contribution >= 0.6 is 12.2 Å². The molecule has 0 fully saturated rings. The fourth-order valence-corrected chi connectivity index (χ4v) is 1.66. The average molecular weight is 285 g/mol. The molecule has 0 aliphatic heterocycles. The van der Waals surface area contributed by atoms with Crippen molar-refractivity contribution in [3.8, 4) is 0 Å². The standard InChI is InChI=1S/C14H20FNO2S/c1-2-3-6-17-7-8-18-10-11-4-5-13(15)12(9-11)14(16)19/h4-5,9H,2-3,6-8,10H2,1H3,(H2,16,19). The largest absolute Gasteiger partial charge is 0.389 e. The third kappa shape index (κ3) is 6.09. The van der Waals surface area contributed by atoms with Crippen molar-refractivity contribution in [2.24, 2.45) is 5.73 Å². The Morgan fingerprint density at radius 3 is 2.68 bits per heavy atom. The molecule has 0 bridgehead atoms. The molecule has 0 amide bonds. The van der Waals surface area contributed by atoms with Gasteiger partial charge in [0.15, 0.2) is 0 Å². The lowest BCUT2D eigenvalue weighted by atomic mass is 10.1. The van der Waals surface area contributed by atoms with Crippen LogP contribution in [0.1, 0.15) is 30.9 Å². The molecule has 1 aromatic rings. The van der Waals surface area contributed by atoms with Gasteiger partial charge in [-0.1, -0.05) is 31.6 Å². The minimum atomic E-state index is -0.404. The molecule has 0 radical (unpaired) electrons. The fraction of sp³-hybridized carbons (Fsp3) is 0.500. The summed E-state index contributed by atoms with van der Waals surface area (Å²) in [5.74, 6) is -0.404. The molecule has 0 unspecified atom stereocenters. The number of benzene rings is 1. The SMILES string of the molecule is CCCCOCCOCc1ccc(F)c(C(N)=S)c1. The number of thiocarbonyl (C=S) groups is 1. The molecule has 106 valence electrons. The van der Waals surface area contributed by atoms with E-state index >= 15 is 0 Å². The summed E-state index contributed by atoms with van der Waals surface area (Å²) in [5.41, 5.74) is 6.54. The Morgan fingerprint density at radius 1 is 1.26 bits per heavy atom. The van der Waals surface area contributed by atoms with Crippen molar-refractivity contribution in [2.75, 3.05) is 19.8 Å². The number of hydrogen-bond donors (Lipinski definition) is 1. The van der Waals surface area contributed by atoms with Crippen molar-refractivity contribution in [1.29, 1.82) is 0 Å². The average Bonchev–Trinajstić information content (AvgIpc) is 2.39. The number of rotatable bonds is 9. The number of ether oxygens (including phenoxy) is 2. The zero-order valence-electron chi connectivity index (χ0n) is 11.2. The molecule has 0 saturated carbocycles. The Hall–Kier alpha value is -1.04. The topological polar surface area (TPSA) is 44.5 Å². The van der Waals surface area contributed by atoms with Gasteiger partial charge in [0.2, 0.25) is 0 Å². The highest BCUT2D eigenvalue weighted by atomic mass is 32.1. The van der Waals surface area contributed by atoms with Crippen LogP contribution in [0.5, 0.6) is 0 Å². The number of halogens is 1. The highest BCUT2D eigenvalue weighted by molar-refractivity contribution is 7.80. The summed E-state index contributed by atoms with van der Waals surface area (Å²) in [5, 5.41) is 0. The van der Waals surface area contributed by atoms with Crippen molar-refractivity contribution in [1.82, 2.24) is 0 Å². The predicted octanol–water partition coefficient (Wildman–Crippen LogP) is 2.79. The van der Waals surface area contributed by atoms with Gasteiger partial charge >= 0.3 is 0 Å². The third-order valence-electron chi connectivity index (χ3n) is 2.58. The zero-order valence-corrected chi connectivity index (χ0v) is 12.0. The predicted molar refractivity (Wildman–Crippen MR) is 77.7 cm³/mol. The van der Waals surface area contributed by atoms with Crippen LogP contribution in [0.15, 0.2) is 18.2 Å². The summed E-state index contributed by atoms with van der Waals surface area (Å²) in [4.78, 5) is 0.0576. The Balaban J connectivity index is 2.30. The lowest BCUT2D eigenvalue weighted by Crippen LogP contribution is -2.12. The smallest absolute Gasteiger partial charge is 0.133 e. The Morgan fingerprint density at radius 2 is 2.00 bits per heavy atom. The molecule has 19 heavy (non-hydrogen) atoms. The first-order chi connectivity index (χ1) is 9.15. The summed E-state index contributed by atoms with van der Waals surface area (Å²) in [6.45, 7) is 4.37. The van der Waals surface area contributed by atoms with Crippen LogP contribution in [-0.2, 0) is 16.1 Å². The zero-order chi connectivity index (χ0) is 14.1. The second kappa shape index (κ2) is 8.96. The monoisotopic (exact) mass is 285 g/mol. The first kappa shape index (κ1) is 16.0. The van der Waals surface area contributed by atoms with Crippen LogP contribution < -0.4 is 5.73 Å². The van der Waals surface area contributed by atoms with Gasteiger partial charge in [0, 0.05) is 12.2 Å². The molecule has 1 aromatic carbocycles. The Labute approximate surface area is 118 Å². The van der Waals surface area contributed by atoms with Crippen molar-refractivity contribution >= 4 is 17.2 Å². The molecule has 0 heterocycles. The maximum Gasteiger partial charge on any atom is 0.133 e. The van der Waals surface area contributed by atoms with Gasteiger partial charge < -0.3 is 15.2 Å². The van der Waals surface area contributed by atoms with E-state index < -0.39 is 5.82 Å². The summed E-state index contributed by atoms with van der Waals surface area (Å²) < 4.78 is 24.2. The molecule has 0 spiro atoms. The van der Waals surface area contributed by atoms with E-state index in [0.29, 0.717) is 19.8 Å². The normalized spacial score (nSPS) is 10.6. The molecule has 0 aromatic heterocycles. The van der Waals surface area contributed by atoms with E-state index in [2.05, 4.69) is 6.92 Å². The van der Waals surface area contributed by atoms with Crippen molar-refractivity contribution in [3.05, 3.63) is 35.1 Å². The molecule has 5 heteroatoms. The third-order valence-corrected chi connectivity index (χ3v) is 2.80. The van der Waals surface area contributed by atoms with Crippen LogP contribution in [-0.4, -0.2) is 24.8 Å². The van der Waals surface area contributed by atoms with Crippen LogP contribution in [0.2, 0.25) is 0 Å². The van der Waals surface area contributed by atoms with Crippen molar-refractivity contribution < 1.29 is 13.9 Å². The molecule has 3 nitrogen and oxygen atoms in total. The van der Waals surface area contributed by atoms with Crippen molar-refractivity contribution in [3.63, 3.8) is 0 Å². The first-order valence-corrected chi connectivity index (χ1v) is 6.79. The van der Waals surface area contributed by atoms with Gasteiger partial charge in [-0.3, -0.25) is 0 Å². The van der Waals surface area contributed by atoms with E-state index in [0.717, 1.165) is 25.0 Å². The highest BCUT2D eigenvalue weighted by Gasteiger charge is 2.06. The maximum atomic E-state index is 13.4. The van der Waals surface area contributed by atoms with Gasteiger partial charge in [0.1, 0.15) is 10.8 Å². The van der Waals surface area contributed by atoms with Gasteiger partial charge in [-0.2, -0.15) is 0 Å². The number of nitrogens with two attached hydrogens (primary N) is 1. The molecular weight excluding hydrogens is 265 g/mol. The lowest BCUT2D eigenvalue weighted by molar-refractivity contribution is 0.0396. The number of unbranched alkanes of at least 4 members (excludes halogenated alkanes) is 1. The molecular formula is C14H20FNO2S. The van der Waals surface area contributed by atoms with Gasteiger partial charge in [-0.25, -0.2) is 4.39 Å². The first-order valence-electron chi connectivity index (χ1n) is 6.39. The van der Waals surface area contributed by atoms with Gasteiger partial charge in [0.25, 0.3) is 0 Å². The Kier molecular flexibility index (Phi) is 7.55. The minimum Gasteiger partial charge on any atom is -0.389 e. The summed E-state index contributed by atoms with van der Waals surface area (Å²) in [6, 6.07) is 4.63. The summed E-state index contributed by atoms with van der Waals surface area (Å²) in [7, 11) is 0. The van der Waals surface area contributed by atoms with E-state index in [-0.39, 0.29) is 10.6 Å². The van der Waals surface area contributed by atoms with Gasteiger partial charge in [-0.05, 0) is 24.1 Å². The number of hydrogen-bond acceptors (Lipinski definition) is 3. The highest BCUT2D eigenvalue weighted by Crippen LogP contribution is 2.11. The van der Waals surface area contributed by atoms with Gasteiger partial charge in [-0.15, -0.1) is 0 Å². The van der Waals surface area contributed by atoms with E-state index in [9.17, 15) is 4.39 Å². The van der Waals surface area contributed by atoms with Crippen LogP contribution in [0.4, 0.5) is 4.39 Å². The van der Waals surface area contributed by atoms with Crippen LogP contribution in [0.3, 0.4) is 0 Å².